The average Bonchev–Trinajstić information content (AvgIpc) is 2.65. The third-order valence-corrected chi connectivity index (χ3v) is 4.94. The highest BCUT2D eigenvalue weighted by atomic mass is 32.2. The maximum absolute atomic E-state index is 12.3. The van der Waals surface area contributed by atoms with Crippen LogP contribution in [0.25, 0.3) is 0 Å². The van der Waals surface area contributed by atoms with E-state index in [1.165, 1.54) is 10.5 Å². The van der Waals surface area contributed by atoms with Crippen molar-refractivity contribution in [2.24, 2.45) is 0 Å². The van der Waals surface area contributed by atoms with Crippen molar-refractivity contribution in [3.63, 3.8) is 0 Å². The summed E-state index contributed by atoms with van der Waals surface area (Å²) in [5, 5.41) is 9.59. The molecule has 0 aliphatic carbocycles. The average molecular weight is 244 g/mol. The van der Waals surface area contributed by atoms with Crippen LogP contribution in [0.1, 0.15) is 12.6 Å². The molecule has 1 saturated heterocycles. The van der Waals surface area contributed by atoms with Crippen LogP contribution < -0.4 is 5.32 Å². The number of nitrogens with one attached hydrogen (secondary N) is 2. The van der Waals surface area contributed by atoms with Gasteiger partial charge in [-0.15, -0.1) is 0 Å². The molecule has 0 aromatic carbocycles. The van der Waals surface area contributed by atoms with Crippen molar-refractivity contribution in [1.82, 2.24) is 19.8 Å². The van der Waals surface area contributed by atoms with Crippen molar-refractivity contribution in [3.05, 3.63) is 11.9 Å². The number of aromatic nitrogens is 2. The molecule has 90 valence electrons. The van der Waals surface area contributed by atoms with Gasteiger partial charge in [0, 0.05) is 25.7 Å². The van der Waals surface area contributed by atoms with Gasteiger partial charge in [-0.05, 0) is 13.8 Å². The Bertz CT molecular complexity index is 468. The summed E-state index contributed by atoms with van der Waals surface area (Å²) >= 11 is 0. The minimum atomic E-state index is -3.40. The Morgan fingerprint density at radius 2 is 2.31 bits per heavy atom. The van der Waals surface area contributed by atoms with E-state index in [1.54, 1.807) is 6.92 Å². The van der Waals surface area contributed by atoms with Crippen molar-refractivity contribution >= 4 is 10.0 Å². The van der Waals surface area contributed by atoms with Crippen LogP contribution in [-0.2, 0) is 10.0 Å². The number of piperazine rings is 1. The quantitative estimate of drug-likeness (QED) is 0.749. The molecule has 0 amide bonds. The number of H-pyrrole nitrogens is 1. The Morgan fingerprint density at radius 3 is 2.88 bits per heavy atom. The van der Waals surface area contributed by atoms with E-state index in [1.807, 2.05) is 6.92 Å². The minimum Gasteiger partial charge on any atom is -0.314 e. The van der Waals surface area contributed by atoms with Crippen LogP contribution in [-0.4, -0.2) is 48.6 Å². The molecule has 0 saturated carbocycles. The van der Waals surface area contributed by atoms with E-state index in [4.69, 9.17) is 0 Å². The van der Waals surface area contributed by atoms with Crippen LogP contribution in [0.4, 0.5) is 0 Å². The summed E-state index contributed by atoms with van der Waals surface area (Å²) in [7, 11) is -3.40. The normalized spacial score (nSPS) is 23.5. The number of aryl methyl sites for hydroxylation is 1. The Morgan fingerprint density at radius 1 is 1.56 bits per heavy atom. The van der Waals surface area contributed by atoms with Crippen LogP contribution in [0.15, 0.2) is 11.1 Å². The summed E-state index contributed by atoms with van der Waals surface area (Å²) < 4.78 is 26.2. The standard InChI is InChI=1S/C9H16N4O2S/c1-7-5-10-3-4-13(7)16(14,15)9-6-11-12-8(9)2/h6-7,10H,3-5H2,1-2H3,(H,11,12)/t7-/m1/s1. The van der Waals surface area contributed by atoms with Crippen molar-refractivity contribution < 1.29 is 8.42 Å². The molecule has 1 aromatic heterocycles. The second-order valence-corrected chi connectivity index (χ2v) is 5.89. The zero-order valence-electron chi connectivity index (χ0n) is 9.40. The fourth-order valence-corrected chi connectivity index (χ4v) is 3.66. The van der Waals surface area contributed by atoms with E-state index in [9.17, 15) is 8.42 Å². The Hall–Kier alpha value is -0.920. The summed E-state index contributed by atoms with van der Waals surface area (Å²) in [5.74, 6) is 0. The van der Waals surface area contributed by atoms with Crippen molar-refractivity contribution in [2.75, 3.05) is 19.6 Å². The first-order valence-corrected chi connectivity index (χ1v) is 6.70. The maximum atomic E-state index is 12.3. The lowest BCUT2D eigenvalue weighted by Gasteiger charge is -2.32. The van der Waals surface area contributed by atoms with Gasteiger partial charge in [-0.2, -0.15) is 9.40 Å². The summed E-state index contributed by atoms with van der Waals surface area (Å²) in [6, 6.07) is -0.0203. The Labute approximate surface area is 95.1 Å². The lowest BCUT2D eigenvalue weighted by atomic mass is 10.3. The third kappa shape index (κ3) is 1.85. The van der Waals surface area contributed by atoms with Crippen molar-refractivity contribution in [2.45, 2.75) is 24.8 Å². The molecule has 16 heavy (non-hydrogen) atoms. The first kappa shape index (κ1) is 11.6. The molecule has 0 bridgehead atoms. The van der Waals surface area contributed by atoms with Crippen molar-refractivity contribution in [3.8, 4) is 0 Å². The molecular formula is C9H16N4O2S. The van der Waals surface area contributed by atoms with Gasteiger partial charge in [-0.1, -0.05) is 0 Å². The van der Waals surface area contributed by atoms with E-state index in [0.29, 0.717) is 25.3 Å². The van der Waals surface area contributed by atoms with Gasteiger partial charge in [-0.3, -0.25) is 5.10 Å². The molecule has 2 heterocycles. The molecule has 1 atom stereocenters. The third-order valence-electron chi connectivity index (χ3n) is 2.81. The number of rotatable bonds is 2. The summed E-state index contributed by atoms with van der Waals surface area (Å²) in [6.45, 7) is 5.51. The van der Waals surface area contributed by atoms with Gasteiger partial charge >= 0.3 is 0 Å². The zero-order chi connectivity index (χ0) is 11.8. The lowest BCUT2D eigenvalue weighted by molar-refractivity contribution is 0.284. The first-order valence-electron chi connectivity index (χ1n) is 5.26. The van der Waals surface area contributed by atoms with Gasteiger partial charge in [0.25, 0.3) is 0 Å². The number of nitrogens with zero attached hydrogens (tertiary/aromatic N) is 2. The van der Waals surface area contributed by atoms with E-state index in [0.717, 1.165) is 0 Å². The van der Waals surface area contributed by atoms with Crippen molar-refractivity contribution in [1.29, 1.82) is 0 Å². The highest BCUT2D eigenvalue weighted by molar-refractivity contribution is 7.89. The summed E-state index contributed by atoms with van der Waals surface area (Å²) in [6.07, 6.45) is 1.37. The highest BCUT2D eigenvalue weighted by Gasteiger charge is 2.32. The molecule has 0 unspecified atom stereocenters. The Kier molecular flexibility index (Phi) is 3.00. The van der Waals surface area contributed by atoms with Crippen LogP contribution in [0, 0.1) is 6.92 Å². The monoisotopic (exact) mass is 244 g/mol. The van der Waals surface area contributed by atoms with E-state index in [2.05, 4.69) is 15.5 Å². The maximum Gasteiger partial charge on any atom is 0.246 e. The van der Waals surface area contributed by atoms with Crippen LogP contribution in [0.3, 0.4) is 0 Å². The molecule has 1 aromatic rings. The molecule has 0 radical (unpaired) electrons. The second kappa shape index (κ2) is 4.15. The first-order chi connectivity index (χ1) is 7.53. The molecule has 0 spiro atoms. The Balaban J connectivity index is 2.35. The molecule has 1 aliphatic rings. The lowest BCUT2D eigenvalue weighted by Crippen LogP contribution is -2.52. The second-order valence-electron chi connectivity index (χ2n) is 4.03. The zero-order valence-corrected chi connectivity index (χ0v) is 10.2. The number of sulfonamides is 1. The molecule has 7 heteroatoms. The summed E-state index contributed by atoms with van der Waals surface area (Å²) in [4.78, 5) is 0.279. The van der Waals surface area contributed by atoms with Gasteiger partial charge in [-0.25, -0.2) is 8.42 Å². The predicted molar refractivity (Wildman–Crippen MR) is 59.5 cm³/mol. The van der Waals surface area contributed by atoms with Crippen LogP contribution in [0.2, 0.25) is 0 Å². The molecule has 1 aliphatic heterocycles. The van der Waals surface area contributed by atoms with Gasteiger partial charge in [0.15, 0.2) is 0 Å². The largest absolute Gasteiger partial charge is 0.314 e. The van der Waals surface area contributed by atoms with E-state index < -0.39 is 10.0 Å². The van der Waals surface area contributed by atoms with Gasteiger partial charge < -0.3 is 5.32 Å². The number of aromatic amines is 1. The molecular weight excluding hydrogens is 228 g/mol. The van der Waals surface area contributed by atoms with Crippen LogP contribution >= 0.6 is 0 Å². The predicted octanol–water partition coefficient (Wildman–Crippen LogP) is -0.299. The number of hydrogen-bond donors (Lipinski definition) is 2. The van der Waals surface area contributed by atoms with Crippen LogP contribution in [0.5, 0.6) is 0 Å². The topological polar surface area (TPSA) is 78.1 Å². The summed E-state index contributed by atoms with van der Waals surface area (Å²) in [5.41, 5.74) is 0.589. The minimum absolute atomic E-state index is 0.0203. The van der Waals surface area contributed by atoms with Gasteiger partial charge in [0.2, 0.25) is 10.0 Å². The fourth-order valence-electron chi connectivity index (χ4n) is 1.91. The fraction of sp³-hybridized carbons (Fsp3) is 0.667. The van der Waals surface area contributed by atoms with Gasteiger partial charge in [0.05, 0.1) is 11.9 Å². The smallest absolute Gasteiger partial charge is 0.246 e. The SMILES string of the molecule is Cc1[nH]ncc1S(=O)(=O)N1CCNC[C@H]1C. The van der Waals surface area contributed by atoms with E-state index in [-0.39, 0.29) is 10.9 Å². The molecule has 2 rings (SSSR count). The number of hydrogen-bond acceptors (Lipinski definition) is 4. The highest BCUT2D eigenvalue weighted by Crippen LogP contribution is 2.20. The molecule has 2 N–H and O–H groups in total. The molecule has 1 fully saturated rings. The van der Waals surface area contributed by atoms with E-state index >= 15 is 0 Å². The van der Waals surface area contributed by atoms with Gasteiger partial charge in [0.1, 0.15) is 4.90 Å². The molecule has 6 nitrogen and oxygen atoms in total.